The van der Waals surface area contributed by atoms with E-state index in [2.05, 4.69) is 15.8 Å². The molecule has 0 saturated heterocycles. The van der Waals surface area contributed by atoms with Crippen LogP contribution in [0.3, 0.4) is 0 Å². The van der Waals surface area contributed by atoms with Crippen molar-refractivity contribution >= 4 is 23.7 Å². The number of benzene rings is 2. The molecular weight excluding hydrogens is 330 g/mol. The minimum atomic E-state index is -0.321. The van der Waals surface area contributed by atoms with Gasteiger partial charge in [0.15, 0.2) is 0 Å². The smallest absolute Gasteiger partial charge is 0.271 e. The summed E-state index contributed by atoms with van der Waals surface area (Å²) in [6.45, 7) is 3.89. The Morgan fingerprint density at radius 2 is 1.88 bits per heavy atom. The van der Waals surface area contributed by atoms with Gasteiger partial charge >= 0.3 is 0 Å². The molecule has 136 valence electrons. The lowest BCUT2D eigenvalue weighted by Crippen LogP contribution is -2.17. The molecule has 0 radical (unpaired) electrons. The van der Waals surface area contributed by atoms with Gasteiger partial charge in [-0.2, -0.15) is 5.10 Å². The zero-order chi connectivity index (χ0) is 18.9. The maximum Gasteiger partial charge on any atom is 0.271 e. The SMILES string of the molecule is CCCC(=O)Nc1ccc(C(=O)N/N=C/c2ccc(OC)c(C)c2)cc1. The van der Waals surface area contributed by atoms with E-state index in [-0.39, 0.29) is 11.8 Å². The zero-order valence-electron chi connectivity index (χ0n) is 15.2. The number of carbonyl (C=O) groups excluding carboxylic acids is 2. The van der Waals surface area contributed by atoms with Crippen LogP contribution >= 0.6 is 0 Å². The van der Waals surface area contributed by atoms with E-state index in [4.69, 9.17) is 4.74 Å². The summed E-state index contributed by atoms with van der Waals surface area (Å²) in [6, 6.07) is 12.3. The second-order valence-electron chi connectivity index (χ2n) is 5.80. The molecular formula is C20H23N3O3. The number of hydrazone groups is 1. The van der Waals surface area contributed by atoms with Gasteiger partial charge in [0.1, 0.15) is 5.75 Å². The molecule has 0 fully saturated rings. The summed E-state index contributed by atoms with van der Waals surface area (Å²) in [6.07, 6.45) is 2.84. The Morgan fingerprint density at radius 1 is 1.15 bits per heavy atom. The largest absolute Gasteiger partial charge is 0.496 e. The molecule has 2 aromatic rings. The maximum atomic E-state index is 12.1. The predicted molar refractivity (Wildman–Crippen MR) is 103 cm³/mol. The molecule has 26 heavy (non-hydrogen) atoms. The number of nitrogens with zero attached hydrogens (tertiary/aromatic N) is 1. The maximum absolute atomic E-state index is 12.1. The van der Waals surface area contributed by atoms with Crippen molar-refractivity contribution in [3.63, 3.8) is 0 Å². The molecule has 0 unspecified atom stereocenters. The molecule has 6 nitrogen and oxygen atoms in total. The molecule has 2 amide bonds. The molecule has 0 aliphatic rings. The Labute approximate surface area is 153 Å². The third kappa shape index (κ3) is 5.44. The highest BCUT2D eigenvalue weighted by atomic mass is 16.5. The van der Waals surface area contributed by atoms with Crippen LogP contribution in [0.15, 0.2) is 47.6 Å². The Hall–Kier alpha value is -3.15. The van der Waals surface area contributed by atoms with E-state index < -0.39 is 0 Å². The minimum absolute atomic E-state index is 0.0379. The van der Waals surface area contributed by atoms with E-state index in [9.17, 15) is 9.59 Å². The monoisotopic (exact) mass is 353 g/mol. The van der Waals surface area contributed by atoms with E-state index in [1.54, 1.807) is 37.6 Å². The van der Waals surface area contributed by atoms with E-state index in [1.807, 2.05) is 32.0 Å². The molecule has 0 atom stereocenters. The summed E-state index contributed by atoms with van der Waals surface area (Å²) in [5, 5.41) is 6.75. The van der Waals surface area contributed by atoms with Crippen molar-refractivity contribution < 1.29 is 14.3 Å². The number of hydrogen-bond donors (Lipinski definition) is 2. The van der Waals surface area contributed by atoms with Crippen molar-refractivity contribution in [2.24, 2.45) is 5.10 Å². The Balaban J connectivity index is 1.93. The molecule has 0 heterocycles. The summed E-state index contributed by atoms with van der Waals surface area (Å²) in [7, 11) is 1.62. The van der Waals surface area contributed by atoms with Crippen LogP contribution in [-0.2, 0) is 4.79 Å². The molecule has 2 rings (SSSR count). The van der Waals surface area contributed by atoms with Gasteiger partial charge < -0.3 is 10.1 Å². The van der Waals surface area contributed by atoms with Crippen molar-refractivity contribution in [1.82, 2.24) is 5.43 Å². The fourth-order valence-electron chi connectivity index (χ4n) is 2.37. The van der Waals surface area contributed by atoms with Crippen LogP contribution < -0.4 is 15.5 Å². The molecule has 0 aromatic heterocycles. The summed E-state index contributed by atoms with van der Waals surface area (Å²) in [4.78, 5) is 23.7. The highest BCUT2D eigenvalue weighted by molar-refractivity contribution is 5.96. The number of amides is 2. The summed E-state index contributed by atoms with van der Waals surface area (Å²) < 4.78 is 5.21. The van der Waals surface area contributed by atoms with E-state index in [0.717, 1.165) is 23.3 Å². The molecule has 0 saturated carbocycles. The lowest BCUT2D eigenvalue weighted by Gasteiger charge is -2.06. The average Bonchev–Trinajstić information content (AvgIpc) is 2.62. The van der Waals surface area contributed by atoms with Crippen molar-refractivity contribution in [2.75, 3.05) is 12.4 Å². The van der Waals surface area contributed by atoms with Gasteiger partial charge in [0.2, 0.25) is 5.91 Å². The Morgan fingerprint density at radius 3 is 2.50 bits per heavy atom. The van der Waals surface area contributed by atoms with Gasteiger partial charge in [0.25, 0.3) is 5.91 Å². The first-order valence-electron chi connectivity index (χ1n) is 8.41. The molecule has 2 aromatic carbocycles. The van der Waals surface area contributed by atoms with Crippen LogP contribution in [0.4, 0.5) is 5.69 Å². The molecule has 2 N–H and O–H groups in total. The first kappa shape index (κ1) is 19.2. The van der Waals surface area contributed by atoms with Gasteiger partial charge in [-0.1, -0.05) is 6.92 Å². The Kier molecular flexibility index (Phi) is 6.91. The van der Waals surface area contributed by atoms with Crippen LogP contribution in [0, 0.1) is 6.92 Å². The van der Waals surface area contributed by atoms with Crippen molar-refractivity contribution in [2.45, 2.75) is 26.7 Å². The van der Waals surface area contributed by atoms with Crippen LogP contribution in [0.25, 0.3) is 0 Å². The number of carbonyl (C=O) groups is 2. The van der Waals surface area contributed by atoms with Crippen LogP contribution in [0.5, 0.6) is 5.75 Å². The zero-order valence-corrected chi connectivity index (χ0v) is 15.2. The molecule has 0 aliphatic carbocycles. The summed E-state index contributed by atoms with van der Waals surface area (Å²) in [5.41, 5.74) is 5.46. The first-order valence-corrected chi connectivity index (χ1v) is 8.41. The van der Waals surface area contributed by atoms with Gasteiger partial charge in [-0.25, -0.2) is 5.43 Å². The summed E-state index contributed by atoms with van der Waals surface area (Å²) in [5.74, 6) is 0.444. The van der Waals surface area contributed by atoms with Crippen molar-refractivity contribution in [3.8, 4) is 5.75 Å². The fraction of sp³-hybridized carbons (Fsp3) is 0.250. The lowest BCUT2D eigenvalue weighted by atomic mass is 10.1. The Bertz CT molecular complexity index is 798. The second-order valence-corrected chi connectivity index (χ2v) is 5.80. The highest BCUT2D eigenvalue weighted by Crippen LogP contribution is 2.17. The fourth-order valence-corrected chi connectivity index (χ4v) is 2.37. The quantitative estimate of drug-likeness (QED) is 0.590. The molecule has 6 heteroatoms. The minimum Gasteiger partial charge on any atom is -0.496 e. The van der Waals surface area contributed by atoms with Gasteiger partial charge in [-0.15, -0.1) is 0 Å². The number of anilines is 1. The van der Waals surface area contributed by atoms with Gasteiger partial charge in [-0.05, 0) is 66.9 Å². The van der Waals surface area contributed by atoms with E-state index in [0.29, 0.717) is 17.7 Å². The lowest BCUT2D eigenvalue weighted by molar-refractivity contribution is -0.116. The average molecular weight is 353 g/mol. The molecule has 0 aliphatic heterocycles. The van der Waals surface area contributed by atoms with Crippen LogP contribution in [0.1, 0.15) is 41.3 Å². The number of hydrogen-bond acceptors (Lipinski definition) is 4. The topological polar surface area (TPSA) is 79.8 Å². The standard InChI is InChI=1S/C20H23N3O3/c1-4-5-19(24)22-17-9-7-16(8-10-17)20(25)23-21-13-15-6-11-18(26-3)14(2)12-15/h6-13H,4-5H2,1-3H3,(H,22,24)(H,23,25)/b21-13+. The number of ether oxygens (including phenoxy) is 1. The van der Waals surface area contributed by atoms with E-state index in [1.165, 1.54) is 0 Å². The molecule has 0 spiro atoms. The number of methoxy groups -OCH3 is 1. The second kappa shape index (κ2) is 9.36. The first-order chi connectivity index (χ1) is 12.5. The third-order valence-electron chi connectivity index (χ3n) is 3.71. The van der Waals surface area contributed by atoms with Gasteiger partial charge in [-0.3, -0.25) is 9.59 Å². The van der Waals surface area contributed by atoms with Gasteiger partial charge in [0.05, 0.1) is 13.3 Å². The van der Waals surface area contributed by atoms with Gasteiger partial charge in [0, 0.05) is 17.7 Å². The summed E-state index contributed by atoms with van der Waals surface area (Å²) >= 11 is 0. The normalized spacial score (nSPS) is 10.6. The van der Waals surface area contributed by atoms with Crippen LogP contribution in [0.2, 0.25) is 0 Å². The number of aryl methyl sites for hydroxylation is 1. The highest BCUT2D eigenvalue weighted by Gasteiger charge is 2.05. The van der Waals surface area contributed by atoms with Crippen molar-refractivity contribution in [3.05, 3.63) is 59.2 Å². The molecule has 0 bridgehead atoms. The van der Waals surface area contributed by atoms with Crippen LogP contribution in [-0.4, -0.2) is 25.1 Å². The predicted octanol–water partition coefficient (Wildman–Crippen LogP) is 3.51. The number of rotatable bonds is 7. The number of nitrogens with one attached hydrogen (secondary N) is 2. The third-order valence-corrected chi connectivity index (χ3v) is 3.71. The van der Waals surface area contributed by atoms with E-state index >= 15 is 0 Å². The van der Waals surface area contributed by atoms with Crippen molar-refractivity contribution in [1.29, 1.82) is 0 Å².